The molecule has 2 rings (SSSR count). The molecule has 2 atom stereocenters. The van der Waals surface area contributed by atoms with Crippen LogP contribution in [0.4, 0.5) is 0 Å². The van der Waals surface area contributed by atoms with Crippen LogP contribution in [0.3, 0.4) is 0 Å². The summed E-state index contributed by atoms with van der Waals surface area (Å²) in [6, 6.07) is 17.4. The van der Waals surface area contributed by atoms with Crippen molar-refractivity contribution in [2.45, 2.75) is 26.1 Å². The Kier molecular flexibility index (Phi) is 4.00. The maximum Gasteiger partial charge on any atom is 0.126 e. The molecular formula is C16H18O2. The van der Waals surface area contributed by atoms with Gasteiger partial charge in [0.25, 0.3) is 0 Å². The van der Waals surface area contributed by atoms with Gasteiger partial charge < -0.3 is 9.84 Å². The lowest BCUT2D eigenvalue weighted by molar-refractivity contribution is 0.0467. The summed E-state index contributed by atoms with van der Waals surface area (Å²) in [5, 5.41) is 10.2. The van der Waals surface area contributed by atoms with Gasteiger partial charge in [0.15, 0.2) is 0 Å². The molecule has 0 aromatic heterocycles. The minimum atomic E-state index is -0.619. The minimum Gasteiger partial charge on any atom is -0.488 e. The fourth-order valence-electron chi connectivity index (χ4n) is 1.89. The van der Waals surface area contributed by atoms with E-state index in [4.69, 9.17) is 4.74 Å². The van der Waals surface area contributed by atoms with Gasteiger partial charge in [-0.2, -0.15) is 0 Å². The van der Waals surface area contributed by atoms with Gasteiger partial charge in [0, 0.05) is 0 Å². The van der Waals surface area contributed by atoms with E-state index in [1.165, 1.54) is 0 Å². The van der Waals surface area contributed by atoms with E-state index in [-0.39, 0.29) is 6.10 Å². The number of benzene rings is 2. The largest absolute Gasteiger partial charge is 0.488 e. The Morgan fingerprint density at radius 3 is 2.39 bits per heavy atom. The summed E-state index contributed by atoms with van der Waals surface area (Å²) in [6.07, 6.45) is -0.902. The monoisotopic (exact) mass is 242 g/mol. The maximum atomic E-state index is 10.2. The zero-order valence-electron chi connectivity index (χ0n) is 10.7. The third kappa shape index (κ3) is 3.11. The molecule has 0 saturated heterocycles. The third-order valence-electron chi connectivity index (χ3n) is 2.90. The van der Waals surface area contributed by atoms with E-state index >= 15 is 0 Å². The summed E-state index contributed by atoms with van der Waals surface area (Å²) in [4.78, 5) is 0. The van der Waals surface area contributed by atoms with E-state index < -0.39 is 6.10 Å². The predicted octanol–water partition coefficient (Wildman–Crippen LogP) is 3.50. The van der Waals surface area contributed by atoms with Crippen molar-refractivity contribution in [2.24, 2.45) is 0 Å². The zero-order valence-corrected chi connectivity index (χ0v) is 10.7. The molecule has 0 fully saturated rings. The SMILES string of the molecule is Cc1cccc(OC(C)C(O)c2ccccc2)c1. The van der Waals surface area contributed by atoms with Crippen molar-refractivity contribution in [3.8, 4) is 5.75 Å². The number of aryl methyl sites for hydroxylation is 1. The average Bonchev–Trinajstić information content (AvgIpc) is 2.39. The molecule has 18 heavy (non-hydrogen) atoms. The van der Waals surface area contributed by atoms with Crippen LogP contribution in [0.5, 0.6) is 5.75 Å². The van der Waals surface area contributed by atoms with E-state index in [0.29, 0.717) is 0 Å². The van der Waals surface area contributed by atoms with E-state index in [2.05, 4.69) is 0 Å². The van der Waals surface area contributed by atoms with Crippen LogP contribution in [-0.4, -0.2) is 11.2 Å². The highest BCUT2D eigenvalue weighted by atomic mass is 16.5. The molecule has 0 heterocycles. The quantitative estimate of drug-likeness (QED) is 0.889. The number of ether oxygens (including phenoxy) is 1. The van der Waals surface area contributed by atoms with Crippen LogP contribution in [-0.2, 0) is 0 Å². The molecule has 0 bridgehead atoms. The molecular weight excluding hydrogens is 224 g/mol. The second kappa shape index (κ2) is 5.69. The van der Waals surface area contributed by atoms with Crippen LogP contribution < -0.4 is 4.74 Å². The van der Waals surface area contributed by atoms with Crippen molar-refractivity contribution in [1.82, 2.24) is 0 Å². The molecule has 2 aromatic carbocycles. The van der Waals surface area contributed by atoms with Gasteiger partial charge in [0.05, 0.1) is 0 Å². The normalized spacial score (nSPS) is 13.9. The molecule has 0 aliphatic carbocycles. The van der Waals surface area contributed by atoms with Gasteiger partial charge in [0.2, 0.25) is 0 Å². The van der Waals surface area contributed by atoms with Crippen LogP contribution in [0.25, 0.3) is 0 Å². The highest BCUT2D eigenvalue weighted by Crippen LogP contribution is 2.22. The third-order valence-corrected chi connectivity index (χ3v) is 2.90. The zero-order chi connectivity index (χ0) is 13.0. The van der Waals surface area contributed by atoms with Crippen LogP contribution >= 0.6 is 0 Å². The predicted molar refractivity (Wildman–Crippen MR) is 72.7 cm³/mol. The fourth-order valence-corrected chi connectivity index (χ4v) is 1.89. The number of aliphatic hydroxyl groups excluding tert-OH is 1. The topological polar surface area (TPSA) is 29.5 Å². The van der Waals surface area contributed by atoms with Crippen molar-refractivity contribution >= 4 is 0 Å². The van der Waals surface area contributed by atoms with E-state index in [1.54, 1.807) is 0 Å². The maximum absolute atomic E-state index is 10.2. The summed E-state index contributed by atoms with van der Waals surface area (Å²) in [5.74, 6) is 0.789. The van der Waals surface area contributed by atoms with Gasteiger partial charge >= 0.3 is 0 Å². The molecule has 2 unspecified atom stereocenters. The molecule has 0 aliphatic rings. The fraction of sp³-hybridized carbons (Fsp3) is 0.250. The lowest BCUT2D eigenvalue weighted by Crippen LogP contribution is -2.21. The lowest BCUT2D eigenvalue weighted by Gasteiger charge is -2.21. The Balaban J connectivity index is 2.06. The smallest absolute Gasteiger partial charge is 0.126 e. The molecule has 94 valence electrons. The highest BCUT2D eigenvalue weighted by Gasteiger charge is 2.17. The second-order valence-electron chi connectivity index (χ2n) is 4.49. The summed E-state index contributed by atoms with van der Waals surface area (Å²) in [5.41, 5.74) is 2.02. The number of aliphatic hydroxyl groups is 1. The van der Waals surface area contributed by atoms with Crippen molar-refractivity contribution in [2.75, 3.05) is 0 Å². The molecule has 2 heteroatoms. The number of rotatable bonds is 4. The van der Waals surface area contributed by atoms with E-state index in [1.807, 2.05) is 68.4 Å². The molecule has 0 amide bonds. The molecule has 0 radical (unpaired) electrons. The van der Waals surface area contributed by atoms with Crippen LogP contribution in [0.15, 0.2) is 54.6 Å². The van der Waals surface area contributed by atoms with Gasteiger partial charge in [-0.1, -0.05) is 42.5 Å². The Bertz CT molecular complexity index is 493. The first kappa shape index (κ1) is 12.7. The summed E-state index contributed by atoms with van der Waals surface area (Å²) in [7, 11) is 0. The average molecular weight is 242 g/mol. The van der Waals surface area contributed by atoms with Gasteiger partial charge in [-0.25, -0.2) is 0 Å². The second-order valence-corrected chi connectivity index (χ2v) is 4.49. The highest BCUT2D eigenvalue weighted by molar-refractivity contribution is 5.28. The van der Waals surface area contributed by atoms with Crippen LogP contribution in [0.2, 0.25) is 0 Å². The van der Waals surface area contributed by atoms with Gasteiger partial charge in [-0.15, -0.1) is 0 Å². The molecule has 0 spiro atoms. The molecule has 2 nitrogen and oxygen atoms in total. The Labute approximate surface area is 108 Å². The van der Waals surface area contributed by atoms with Crippen LogP contribution in [0.1, 0.15) is 24.2 Å². The Hall–Kier alpha value is -1.80. The minimum absolute atomic E-state index is 0.283. The lowest BCUT2D eigenvalue weighted by atomic mass is 10.1. The molecule has 0 saturated carbocycles. The van der Waals surface area contributed by atoms with Gasteiger partial charge in [0.1, 0.15) is 18.0 Å². The van der Waals surface area contributed by atoms with Gasteiger partial charge in [-0.3, -0.25) is 0 Å². The van der Waals surface area contributed by atoms with Crippen molar-refractivity contribution in [3.05, 3.63) is 65.7 Å². The molecule has 2 aromatic rings. The summed E-state index contributed by atoms with van der Waals surface area (Å²) >= 11 is 0. The van der Waals surface area contributed by atoms with Crippen LogP contribution in [0, 0.1) is 6.92 Å². The summed E-state index contributed by atoms with van der Waals surface area (Å²) in [6.45, 7) is 3.89. The first-order valence-electron chi connectivity index (χ1n) is 6.13. The van der Waals surface area contributed by atoms with E-state index in [9.17, 15) is 5.11 Å². The standard InChI is InChI=1S/C16H18O2/c1-12-7-6-10-15(11-12)18-13(2)16(17)14-8-4-3-5-9-14/h3-11,13,16-17H,1-2H3. The van der Waals surface area contributed by atoms with Crippen molar-refractivity contribution in [1.29, 1.82) is 0 Å². The number of hydrogen-bond acceptors (Lipinski definition) is 2. The summed E-state index contributed by atoms with van der Waals surface area (Å²) < 4.78 is 5.76. The Morgan fingerprint density at radius 2 is 1.72 bits per heavy atom. The van der Waals surface area contributed by atoms with Crippen molar-refractivity contribution in [3.63, 3.8) is 0 Å². The Morgan fingerprint density at radius 1 is 1.00 bits per heavy atom. The first-order valence-corrected chi connectivity index (χ1v) is 6.13. The number of hydrogen-bond donors (Lipinski definition) is 1. The van der Waals surface area contributed by atoms with Crippen molar-refractivity contribution < 1.29 is 9.84 Å². The molecule has 1 N–H and O–H groups in total. The van der Waals surface area contributed by atoms with Gasteiger partial charge in [-0.05, 0) is 37.1 Å². The van der Waals surface area contributed by atoms with E-state index in [0.717, 1.165) is 16.9 Å². The molecule has 0 aliphatic heterocycles. The first-order chi connectivity index (χ1) is 8.66.